The van der Waals surface area contributed by atoms with Crippen molar-refractivity contribution in [2.24, 2.45) is 0 Å². The maximum absolute atomic E-state index is 12.8. The molecule has 1 aliphatic heterocycles. The van der Waals surface area contributed by atoms with E-state index in [0.29, 0.717) is 19.4 Å². The van der Waals surface area contributed by atoms with Gasteiger partial charge in [0.1, 0.15) is 5.78 Å². The number of nitrogens with one attached hydrogen (secondary N) is 1. The number of ketones is 1. The van der Waals surface area contributed by atoms with E-state index in [1.54, 1.807) is 0 Å². The summed E-state index contributed by atoms with van der Waals surface area (Å²) in [5, 5.41) is 3.09. The number of nitrogens with zero attached hydrogens (tertiary/aromatic N) is 1. The van der Waals surface area contributed by atoms with Gasteiger partial charge in [0.15, 0.2) is 0 Å². The van der Waals surface area contributed by atoms with Crippen LogP contribution in [0.3, 0.4) is 0 Å². The Morgan fingerprint density at radius 2 is 1.76 bits per heavy atom. The first-order chi connectivity index (χ1) is 12.2. The van der Waals surface area contributed by atoms with Crippen molar-refractivity contribution in [3.8, 4) is 0 Å². The van der Waals surface area contributed by atoms with Gasteiger partial charge >= 0.3 is 6.03 Å². The summed E-state index contributed by atoms with van der Waals surface area (Å²) >= 11 is 0. The molecule has 128 valence electrons. The molecule has 1 fully saturated rings. The van der Waals surface area contributed by atoms with E-state index in [4.69, 9.17) is 0 Å². The van der Waals surface area contributed by atoms with E-state index in [9.17, 15) is 9.59 Å². The van der Waals surface area contributed by atoms with Gasteiger partial charge in [0.05, 0.1) is 0 Å². The number of aryl methyl sites for hydroxylation is 1. The fourth-order valence-electron chi connectivity index (χ4n) is 4.01. The highest BCUT2D eigenvalue weighted by molar-refractivity contribution is 5.94. The van der Waals surface area contributed by atoms with Gasteiger partial charge in [-0.2, -0.15) is 0 Å². The zero-order chi connectivity index (χ0) is 17.3. The summed E-state index contributed by atoms with van der Waals surface area (Å²) in [7, 11) is 0. The van der Waals surface area contributed by atoms with Crippen LogP contribution in [0.25, 0.3) is 0 Å². The highest BCUT2D eigenvalue weighted by Gasteiger charge is 2.45. The Bertz CT molecular complexity index is 793. The number of carbonyl (C=O) groups is 2. The van der Waals surface area contributed by atoms with E-state index in [1.807, 2.05) is 41.3 Å². The number of urea groups is 1. The van der Waals surface area contributed by atoms with Gasteiger partial charge in [0, 0.05) is 37.0 Å². The molecule has 0 aromatic heterocycles. The van der Waals surface area contributed by atoms with Crippen LogP contribution in [0, 0.1) is 0 Å². The number of para-hydroxylation sites is 1. The summed E-state index contributed by atoms with van der Waals surface area (Å²) in [4.78, 5) is 26.3. The molecule has 4 nitrogen and oxygen atoms in total. The standard InChI is InChI=1S/C21H22N2O2/c24-18-13-21(14-18,17-9-2-1-3-10-17)15-22-20(25)23-12-6-8-16-7-4-5-11-19(16)23/h1-5,7,9-11H,6,8,12-15H2,(H,22,25). The molecule has 4 heteroatoms. The fraction of sp³-hybridized carbons (Fsp3) is 0.333. The van der Waals surface area contributed by atoms with Crippen molar-refractivity contribution >= 4 is 17.5 Å². The molecule has 2 amide bonds. The predicted octanol–water partition coefficient (Wildman–Crippen LogP) is 3.45. The van der Waals surface area contributed by atoms with Gasteiger partial charge in [0.2, 0.25) is 0 Å². The summed E-state index contributed by atoms with van der Waals surface area (Å²) in [6.45, 7) is 1.24. The summed E-state index contributed by atoms with van der Waals surface area (Å²) in [5.74, 6) is 0.265. The molecule has 2 aliphatic rings. The number of fused-ring (bicyclic) bond motifs is 1. The zero-order valence-electron chi connectivity index (χ0n) is 14.2. The first kappa shape index (κ1) is 15.9. The minimum Gasteiger partial charge on any atom is -0.337 e. The first-order valence-corrected chi connectivity index (χ1v) is 8.88. The van der Waals surface area contributed by atoms with Crippen LogP contribution in [-0.2, 0) is 16.6 Å². The molecule has 0 unspecified atom stereocenters. The number of carbonyl (C=O) groups excluding carboxylic acids is 2. The van der Waals surface area contributed by atoms with Crippen molar-refractivity contribution in [2.45, 2.75) is 31.1 Å². The Morgan fingerprint density at radius 3 is 2.52 bits per heavy atom. The SMILES string of the molecule is O=C1CC(CNC(=O)N2CCCc3ccccc32)(c2ccccc2)C1. The molecule has 4 rings (SSSR count). The van der Waals surface area contributed by atoms with Crippen molar-refractivity contribution in [2.75, 3.05) is 18.0 Å². The smallest absolute Gasteiger partial charge is 0.321 e. The lowest BCUT2D eigenvalue weighted by molar-refractivity contribution is -0.128. The molecule has 2 aromatic carbocycles. The van der Waals surface area contributed by atoms with Crippen LogP contribution in [0.5, 0.6) is 0 Å². The molecule has 0 atom stereocenters. The van der Waals surface area contributed by atoms with Crippen molar-refractivity contribution < 1.29 is 9.59 Å². The average molecular weight is 334 g/mol. The third kappa shape index (κ3) is 2.93. The van der Waals surface area contributed by atoms with Crippen LogP contribution in [0.15, 0.2) is 54.6 Å². The second-order valence-corrected chi connectivity index (χ2v) is 7.08. The van der Waals surface area contributed by atoms with Crippen LogP contribution in [0.4, 0.5) is 10.5 Å². The van der Waals surface area contributed by atoms with E-state index in [1.165, 1.54) is 5.56 Å². The Kier molecular flexibility index (Phi) is 4.04. The Labute approximate surface area is 147 Å². The lowest BCUT2D eigenvalue weighted by Gasteiger charge is -2.41. The van der Waals surface area contributed by atoms with Crippen molar-refractivity contribution in [3.63, 3.8) is 0 Å². The maximum atomic E-state index is 12.8. The van der Waals surface area contributed by atoms with Gasteiger partial charge in [-0.15, -0.1) is 0 Å². The molecule has 0 spiro atoms. The number of amides is 2. The van der Waals surface area contributed by atoms with Crippen LogP contribution < -0.4 is 10.2 Å². The number of benzene rings is 2. The van der Waals surface area contributed by atoms with E-state index in [-0.39, 0.29) is 17.2 Å². The van der Waals surface area contributed by atoms with E-state index in [0.717, 1.165) is 30.6 Å². The van der Waals surface area contributed by atoms with Crippen molar-refractivity contribution in [1.29, 1.82) is 0 Å². The monoisotopic (exact) mass is 334 g/mol. The highest BCUT2D eigenvalue weighted by atomic mass is 16.2. The fourth-order valence-corrected chi connectivity index (χ4v) is 4.01. The maximum Gasteiger partial charge on any atom is 0.321 e. The second kappa shape index (κ2) is 6.36. The number of rotatable bonds is 3. The molecule has 1 N–H and O–H groups in total. The topological polar surface area (TPSA) is 49.4 Å². The minimum atomic E-state index is -0.247. The van der Waals surface area contributed by atoms with Gasteiger partial charge in [0.25, 0.3) is 0 Å². The summed E-state index contributed by atoms with van der Waals surface area (Å²) in [5.41, 5.74) is 3.11. The Morgan fingerprint density at radius 1 is 1.04 bits per heavy atom. The highest BCUT2D eigenvalue weighted by Crippen LogP contribution is 2.40. The zero-order valence-corrected chi connectivity index (χ0v) is 14.2. The number of Topliss-reactive ketones (excluding diaryl/α,β-unsaturated/α-hetero) is 1. The van der Waals surface area contributed by atoms with Gasteiger partial charge in [-0.05, 0) is 30.0 Å². The van der Waals surface area contributed by atoms with E-state index >= 15 is 0 Å². The number of anilines is 1. The van der Waals surface area contributed by atoms with Crippen molar-refractivity contribution in [1.82, 2.24) is 5.32 Å². The minimum absolute atomic E-state index is 0.0678. The molecule has 1 aliphatic carbocycles. The predicted molar refractivity (Wildman–Crippen MR) is 97.9 cm³/mol. The summed E-state index contributed by atoms with van der Waals surface area (Å²) in [6, 6.07) is 18.1. The normalized spacial score (nSPS) is 18.2. The van der Waals surface area contributed by atoms with Crippen molar-refractivity contribution in [3.05, 3.63) is 65.7 Å². The summed E-state index contributed by atoms with van der Waals surface area (Å²) < 4.78 is 0. The van der Waals surface area contributed by atoms with Gasteiger partial charge in [-0.3, -0.25) is 9.69 Å². The lowest BCUT2D eigenvalue weighted by Crippen LogP contribution is -2.53. The van der Waals surface area contributed by atoms with Crippen LogP contribution in [0.2, 0.25) is 0 Å². The lowest BCUT2D eigenvalue weighted by atomic mass is 9.63. The van der Waals surface area contributed by atoms with E-state index in [2.05, 4.69) is 23.5 Å². The average Bonchev–Trinajstić information content (AvgIpc) is 2.64. The molecule has 0 saturated heterocycles. The van der Waals surface area contributed by atoms with Crippen LogP contribution in [0.1, 0.15) is 30.4 Å². The third-order valence-corrected chi connectivity index (χ3v) is 5.39. The van der Waals surface area contributed by atoms with E-state index < -0.39 is 0 Å². The first-order valence-electron chi connectivity index (χ1n) is 8.88. The second-order valence-electron chi connectivity index (χ2n) is 7.08. The van der Waals surface area contributed by atoms with Gasteiger partial charge < -0.3 is 5.32 Å². The van der Waals surface area contributed by atoms with Gasteiger partial charge in [-0.1, -0.05) is 48.5 Å². The molecule has 2 aromatic rings. The summed E-state index contributed by atoms with van der Waals surface area (Å²) in [6.07, 6.45) is 3.01. The molecular formula is C21H22N2O2. The quantitative estimate of drug-likeness (QED) is 0.934. The molecule has 0 radical (unpaired) electrons. The van der Waals surface area contributed by atoms with Crippen LogP contribution >= 0.6 is 0 Å². The molecule has 25 heavy (non-hydrogen) atoms. The number of hydrogen-bond acceptors (Lipinski definition) is 2. The molecular weight excluding hydrogens is 312 g/mol. The molecule has 1 saturated carbocycles. The van der Waals surface area contributed by atoms with Gasteiger partial charge in [-0.25, -0.2) is 4.79 Å². The largest absolute Gasteiger partial charge is 0.337 e. The van der Waals surface area contributed by atoms with Crippen LogP contribution in [-0.4, -0.2) is 24.9 Å². The molecule has 0 bridgehead atoms. The molecule has 1 heterocycles. The Balaban J connectivity index is 1.49. The third-order valence-electron chi connectivity index (χ3n) is 5.39. The number of hydrogen-bond donors (Lipinski definition) is 1. The Hall–Kier alpha value is -2.62.